The number of likely N-dealkylation sites (N-methyl/N-ethyl adjacent to an activating group) is 1. The van der Waals surface area contributed by atoms with E-state index < -0.39 is 11.7 Å². The summed E-state index contributed by atoms with van der Waals surface area (Å²) in [6, 6.07) is 10.5. The van der Waals surface area contributed by atoms with Crippen molar-refractivity contribution in [2.75, 3.05) is 49.2 Å². The Morgan fingerprint density at radius 2 is 1.76 bits per heavy atom. The molecule has 0 unspecified atom stereocenters. The monoisotopic (exact) mass is 443 g/mol. The maximum atomic E-state index is 13.2. The van der Waals surface area contributed by atoms with Gasteiger partial charge in [-0.1, -0.05) is 11.6 Å². The number of nitrogens with zero attached hydrogens (tertiary/aromatic N) is 2. The molecule has 0 spiro atoms. The van der Waals surface area contributed by atoms with Crippen LogP contribution in [0.3, 0.4) is 0 Å². The van der Waals surface area contributed by atoms with Gasteiger partial charge in [-0.25, -0.2) is 0 Å². The molecule has 156 valence electrons. The lowest BCUT2D eigenvalue weighted by molar-refractivity contribution is -0.137. The van der Waals surface area contributed by atoms with Crippen LogP contribution < -0.4 is 10.2 Å². The molecule has 0 aliphatic carbocycles. The van der Waals surface area contributed by atoms with E-state index in [1.54, 1.807) is 24.3 Å². The van der Waals surface area contributed by atoms with Gasteiger partial charge in [-0.05, 0) is 49.5 Å². The van der Waals surface area contributed by atoms with Gasteiger partial charge in [-0.3, -0.25) is 4.79 Å². The van der Waals surface area contributed by atoms with E-state index in [-0.39, 0.29) is 17.3 Å². The third-order valence-electron chi connectivity index (χ3n) is 4.63. The Hall–Kier alpha value is -1.90. The van der Waals surface area contributed by atoms with Crippen LogP contribution in [0.1, 0.15) is 5.56 Å². The Balaban J connectivity index is 1.75. The summed E-state index contributed by atoms with van der Waals surface area (Å²) in [5.74, 6) is -0.278. The van der Waals surface area contributed by atoms with E-state index in [9.17, 15) is 18.0 Å². The highest BCUT2D eigenvalue weighted by molar-refractivity contribution is 8.00. The molecule has 0 aromatic heterocycles. The molecule has 0 saturated carbocycles. The van der Waals surface area contributed by atoms with E-state index in [1.807, 2.05) is 11.9 Å². The quantitative estimate of drug-likeness (QED) is 0.671. The van der Waals surface area contributed by atoms with E-state index in [4.69, 9.17) is 11.6 Å². The summed E-state index contributed by atoms with van der Waals surface area (Å²) in [5, 5.41) is 3.27. The van der Waals surface area contributed by atoms with Gasteiger partial charge >= 0.3 is 6.18 Å². The minimum atomic E-state index is -4.47. The van der Waals surface area contributed by atoms with E-state index in [2.05, 4.69) is 10.2 Å². The smallest absolute Gasteiger partial charge is 0.367 e. The van der Waals surface area contributed by atoms with Crippen molar-refractivity contribution in [2.24, 2.45) is 0 Å². The third kappa shape index (κ3) is 6.04. The second-order valence-electron chi connectivity index (χ2n) is 6.81. The Morgan fingerprint density at radius 3 is 2.38 bits per heavy atom. The van der Waals surface area contributed by atoms with Crippen molar-refractivity contribution in [3.63, 3.8) is 0 Å². The summed E-state index contributed by atoms with van der Waals surface area (Å²) < 4.78 is 39.6. The molecule has 29 heavy (non-hydrogen) atoms. The molecular formula is C20H21ClF3N3OS. The topological polar surface area (TPSA) is 35.6 Å². The molecule has 1 amide bonds. The number of carbonyl (C=O) groups is 1. The summed E-state index contributed by atoms with van der Waals surface area (Å²) in [6.07, 6.45) is -4.47. The zero-order valence-corrected chi connectivity index (χ0v) is 17.4. The lowest BCUT2D eigenvalue weighted by Crippen LogP contribution is -2.44. The Kier molecular flexibility index (Phi) is 6.97. The van der Waals surface area contributed by atoms with Gasteiger partial charge in [0.1, 0.15) is 0 Å². The normalized spacial score (nSPS) is 15.4. The molecule has 1 N–H and O–H groups in total. The first-order valence-electron chi connectivity index (χ1n) is 9.05. The number of anilines is 2. The molecule has 4 nitrogen and oxygen atoms in total. The van der Waals surface area contributed by atoms with Crippen molar-refractivity contribution < 1.29 is 18.0 Å². The van der Waals surface area contributed by atoms with E-state index in [0.29, 0.717) is 23.8 Å². The van der Waals surface area contributed by atoms with Crippen LogP contribution in [0.25, 0.3) is 0 Å². The average Bonchev–Trinajstić information content (AvgIpc) is 2.67. The first-order chi connectivity index (χ1) is 13.7. The van der Waals surface area contributed by atoms with Crippen molar-refractivity contribution in [3.8, 4) is 0 Å². The van der Waals surface area contributed by atoms with Crippen LogP contribution in [-0.2, 0) is 11.0 Å². The Bertz CT molecular complexity index is 853. The Morgan fingerprint density at radius 1 is 1.10 bits per heavy atom. The van der Waals surface area contributed by atoms with E-state index >= 15 is 0 Å². The number of hydrogen-bond acceptors (Lipinski definition) is 4. The fourth-order valence-electron chi connectivity index (χ4n) is 3.00. The van der Waals surface area contributed by atoms with Gasteiger partial charge in [0.05, 0.1) is 22.7 Å². The fourth-order valence-corrected chi connectivity index (χ4v) is 3.83. The van der Waals surface area contributed by atoms with E-state index in [1.165, 1.54) is 17.8 Å². The molecule has 1 fully saturated rings. The maximum Gasteiger partial charge on any atom is 0.416 e. The summed E-state index contributed by atoms with van der Waals surface area (Å²) in [6.45, 7) is 2.98. The number of hydrogen-bond donors (Lipinski definition) is 1. The highest BCUT2D eigenvalue weighted by Crippen LogP contribution is 2.36. The van der Waals surface area contributed by atoms with Crippen molar-refractivity contribution in [2.45, 2.75) is 11.1 Å². The number of nitrogens with one attached hydrogen (secondary N) is 1. The second-order valence-corrected chi connectivity index (χ2v) is 8.30. The number of carbonyl (C=O) groups excluding carboxylic acids is 1. The highest BCUT2D eigenvalue weighted by atomic mass is 35.5. The van der Waals surface area contributed by atoms with Gasteiger partial charge in [0.15, 0.2) is 0 Å². The van der Waals surface area contributed by atoms with Crippen LogP contribution >= 0.6 is 23.4 Å². The van der Waals surface area contributed by atoms with Gasteiger partial charge in [0, 0.05) is 36.1 Å². The molecule has 1 aliphatic rings. The lowest BCUT2D eigenvalue weighted by atomic mass is 10.1. The van der Waals surface area contributed by atoms with Crippen LogP contribution in [0.4, 0.5) is 24.5 Å². The molecular weight excluding hydrogens is 423 g/mol. The van der Waals surface area contributed by atoms with Gasteiger partial charge in [-0.15, -0.1) is 11.8 Å². The third-order valence-corrected chi connectivity index (χ3v) is 5.89. The number of thioether (sulfide) groups is 1. The average molecular weight is 444 g/mol. The van der Waals surface area contributed by atoms with Crippen molar-refractivity contribution in [1.82, 2.24) is 4.90 Å². The molecule has 1 heterocycles. The second kappa shape index (κ2) is 9.28. The molecule has 0 atom stereocenters. The largest absolute Gasteiger partial charge is 0.416 e. The molecule has 3 rings (SSSR count). The van der Waals surface area contributed by atoms with Crippen molar-refractivity contribution in [3.05, 3.63) is 53.1 Å². The minimum Gasteiger partial charge on any atom is -0.367 e. The van der Waals surface area contributed by atoms with Crippen molar-refractivity contribution >= 4 is 40.6 Å². The number of alkyl halides is 3. The van der Waals surface area contributed by atoms with Gasteiger partial charge in [0.25, 0.3) is 0 Å². The molecule has 0 bridgehead atoms. The lowest BCUT2D eigenvalue weighted by Gasteiger charge is -2.35. The molecule has 2 aromatic carbocycles. The Labute approximate surface area is 177 Å². The highest BCUT2D eigenvalue weighted by Gasteiger charge is 2.32. The molecule has 1 aliphatic heterocycles. The number of benzene rings is 2. The van der Waals surface area contributed by atoms with Gasteiger partial charge in [0.2, 0.25) is 5.91 Å². The first kappa shape index (κ1) is 21.8. The fraction of sp³-hybridized carbons (Fsp3) is 0.350. The molecule has 0 radical (unpaired) electrons. The molecule has 1 saturated heterocycles. The zero-order chi connectivity index (χ0) is 21.0. The predicted octanol–water partition coefficient (Wildman–Crippen LogP) is 4.84. The summed E-state index contributed by atoms with van der Waals surface area (Å²) in [4.78, 5) is 17.4. The van der Waals surface area contributed by atoms with Gasteiger partial charge < -0.3 is 15.1 Å². The van der Waals surface area contributed by atoms with Gasteiger partial charge in [-0.2, -0.15) is 13.2 Å². The maximum absolute atomic E-state index is 13.2. The summed E-state index contributed by atoms with van der Waals surface area (Å²) >= 11 is 7.14. The van der Waals surface area contributed by atoms with Crippen LogP contribution in [0.15, 0.2) is 47.4 Å². The predicted molar refractivity (Wildman–Crippen MR) is 112 cm³/mol. The number of rotatable bonds is 5. The standard InChI is InChI=1S/C20H21ClF3N3OS/c1-26-8-10-27(11-9-26)18-7-2-14(20(22,23)24)12-17(18)25-19(28)13-29-16-5-3-15(21)4-6-16/h2-7,12H,8-11,13H2,1H3,(H,25,28). The van der Waals surface area contributed by atoms with Crippen LogP contribution in [0.5, 0.6) is 0 Å². The SMILES string of the molecule is CN1CCN(c2ccc(C(F)(F)F)cc2NC(=O)CSc2ccc(Cl)cc2)CC1. The van der Waals surface area contributed by atoms with Crippen LogP contribution in [0, 0.1) is 0 Å². The molecule has 2 aromatic rings. The minimum absolute atomic E-state index is 0.0834. The summed E-state index contributed by atoms with van der Waals surface area (Å²) in [5.41, 5.74) is 0.0121. The van der Waals surface area contributed by atoms with Crippen molar-refractivity contribution in [1.29, 1.82) is 0 Å². The number of amides is 1. The van der Waals surface area contributed by atoms with E-state index in [0.717, 1.165) is 30.1 Å². The number of piperazine rings is 1. The number of halogens is 4. The van der Waals surface area contributed by atoms with Crippen LogP contribution in [-0.4, -0.2) is 49.8 Å². The zero-order valence-electron chi connectivity index (χ0n) is 15.8. The van der Waals surface area contributed by atoms with Crippen LogP contribution in [0.2, 0.25) is 5.02 Å². The molecule has 9 heteroatoms. The summed E-state index contributed by atoms with van der Waals surface area (Å²) in [7, 11) is 2.00. The first-order valence-corrected chi connectivity index (χ1v) is 10.4.